The van der Waals surface area contributed by atoms with Crippen molar-refractivity contribution in [3.8, 4) is 0 Å². The minimum Gasteiger partial charge on any atom is -0.327 e. The van der Waals surface area contributed by atoms with Gasteiger partial charge < -0.3 is 5.73 Å². The van der Waals surface area contributed by atoms with Gasteiger partial charge in [-0.3, -0.25) is 0 Å². The van der Waals surface area contributed by atoms with E-state index in [9.17, 15) is 0 Å². The van der Waals surface area contributed by atoms with Crippen molar-refractivity contribution in [2.45, 2.75) is 31.3 Å². The molecule has 0 saturated carbocycles. The summed E-state index contributed by atoms with van der Waals surface area (Å²) in [6.07, 6.45) is 2.19. The molecule has 4 nitrogen and oxygen atoms in total. The molecule has 0 fully saturated rings. The Morgan fingerprint density at radius 2 is 1.82 bits per heavy atom. The van der Waals surface area contributed by atoms with E-state index in [0.29, 0.717) is 17.9 Å². The molecular weight excluding hydrogens is 296 g/mol. The Kier molecular flexibility index (Phi) is 6.28. The largest absolute Gasteiger partial charge is 0.327 e. The van der Waals surface area contributed by atoms with E-state index in [4.69, 9.17) is 22.9 Å². The van der Waals surface area contributed by atoms with E-state index in [1.165, 1.54) is 0 Å². The number of hydrogen-bond acceptors (Lipinski definition) is 2. The van der Waals surface area contributed by atoms with Gasteiger partial charge in [-0.05, 0) is 48.1 Å². The van der Waals surface area contributed by atoms with Gasteiger partial charge in [0.2, 0.25) is 0 Å². The summed E-state index contributed by atoms with van der Waals surface area (Å²) in [6.45, 7) is 0. The summed E-state index contributed by atoms with van der Waals surface area (Å²) in [4.78, 5) is 2.95. The number of rotatable bonds is 7. The van der Waals surface area contributed by atoms with Crippen molar-refractivity contribution < 1.29 is 0 Å². The van der Waals surface area contributed by atoms with Gasteiger partial charge >= 0.3 is 0 Å². The van der Waals surface area contributed by atoms with Gasteiger partial charge in [0.25, 0.3) is 0 Å². The molecule has 0 aromatic heterocycles. The van der Waals surface area contributed by atoms with Crippen LogP contribution in [0.15, 0.2) is 59.7 Å². The summed E-state index contributed by atoms with van der Waals surface area (Å²) in [6, 6.07) is 17.3. The molecule has 2 rings (SSSR count). The number of halogens is 1. The fourth-order valence-corrected chi connectivity index (χ4v) is 2.67. The number of azide groups is 1. The van der Waals surface area contributed by atoms with Crippen molar-refractivity contribution in [3.63, 3.8) is 0 Å². The van der Waals surface area contributed by atoms with Crippen LogP contribution in [0.4, 0.5) is 0 Å². The van der Waals surface area contributed by atoms with E-state index in [1.807, 2.05) is 54.6 Å². The zero-order chi connectivity index (χ0) is 15.8. The summed E-state index contributed by atoms with van der Waals surface area (Å²) in [7, 11) is 0. The van der Waals surface area contributed by atoms with Crippen LogP contribution in [0.2, 0.25) is 5.02 Å². The Hall–Kier alpha value is -2.00. The van der Waals surface area contributed by atoms with Gasteiger partial charge in [0, 0.05) is 16.0 Å². The van der Waals surface area contributed by atoms with Gasteiger partial charge in [-0.15, -0.1) is 0 Å². The quantitative estimate of drug-likeness (QED) is 0.455. The highest BCUT2D eigenvalue weighted by Gasteiger charge is 2.17. The molecule has 0 heterocycles. The maximum absolute atomic E-state index is 8.77. The third-order valence-electron chi connectivity index (χ3n) is 3.63. The summed E-state index contributed by atoms with van der Waals surface area (Å²) >= 11 is 5.98. The van der Waals surface area contributed by atoms with E-state index in [-0.39, 0.29) is 12.1 Å². The Morgan fingerprint density at radius 3 is 2.50 bits per heavy atom. The van der Waals surface area contributed by atoms with E-state index in [0.717, 1.165) is 17.5 Å². The molecule has 0 bridgehead atoms. The molecule has 0 aliphatic carbocycles. The van der Waals surface area contributed by atoms with Crippen LogP contribution in [0.1, 0.15) is 17.5 Å². The average molecular weight is 315 g/mol. The second-order valence-electron chi connectivity index (χ2n) is 5.29. The lowest BCUT2D eigenvalue weighted by Crippen LogP contribution is -2.35. The van der Waals surface area contributed by atoms with Gasteiger partial charge in [-0.25, -0.2) is 0 Å². The molecule has 5 heteroatoms. The van der Waals surface area contributed by atoms with Gasteiger partial charge in [0.05, 0.1) is 6.04 Å². The van der Waals surface area contributed by atoms with Crippen LogP contribution in [0.5, 0.6) is 0 Å². The molecule has 2 N–H and O–H groups in total. The van der Waals surface area contributed by atoms with E-state index in [2.05, 4.69) is 10.0 Å². The lowest BCUT2D eigenvalue weighted by atomic mass is 9.96. The third kappa shape index (κ3) is 5.08. The molecule has 22 heavy (non-hydrogen) atoms. The van der Waals surface area contributed by atoms with Crippen LogP contribution in [0.25, 0.3) is 10.4 Å². The summed E-state index contributed by atoms with van der Waals surface area (Å²) in [5.41, 5.74) is 17.3. The summed E-state index contributed by atoms with van der Waals surface area (Å²) < 4.78 is 0. The number of aryl methyl sites for hydroxylation is 1. The first kappa shape index (κ1) is 16.4. The maximum atomic E-state index is 8.77. The normalized spacial score (nSPS) is 13.2. The van der Waals surface area contributed by atoms with Gasteiger partial charge in [0.1, 0.15) is 0 Å². The molecule has 0 aliphatic heterocycles. The smallest absolute Gasteiger partial charge is 0.0531 e. The van der Waals surface area contributed by atoms with Crippen LogP contribution in [-0.4, -0.2) is 12.1 Å². The molecule has 0 aliphatic rings. The van der Waals surface area contributed by atoms with Gasteiger partial charge in [-0.1, -0.05) is 59.2 Å². The molecule has 2 aromatic rings. The van der Waals surface area contributed by atoms with Crippen LogP contribution < -0.4 is 5.73 Å². The highest BCUT2D eigenvalue weighted by Crippen LogP contribution is 2.16. The minimum atomic E-state index is -0.232. The standard InChI is InChI=1S/C17H19ClN4/c18-15-8-4-7-14(11-15)9-10-17(21-22-20)16(19)12-13-5-2-1-3-6-13/h1-8,11,16-17H,9-10,12,19H2/t16?,17-/m0/s1. The molecule has 2 atom stereocenters. The molecule has 0 radical (unpaired) electrons. The SMILES string of the molecule is [N-]=[N+]=N[C@@H](CCc1cccc(Cl)c1)C(N)Cc1ccccc1. The highest BCUT2D eigenvalue weighted by atomic mass is 35.5. The molecule has 1 unspecified atom stereocenters. The van der Waals surface area contributed by atoms with E-state index >= 15 is 0 Å². The van der Waals surface area contributed by atoms with Crippen molar-refractivity contribution in [2.75, 3.05) is 0 Å². The zero-order valence-electron chi connectivity index (χ0n) is 12.3. The Bertz CT molecular complexity index is 638. The highest BCUT2D eigenvalue weighted by molar-refractivity contribution is 6.30. The number of nitrogens with zero attached hydrogens (tertiary/aromatic N) is 3. The molecule has 2 aromatic carbocycles. The predicted octanol–water partition coefficient (Wildman–Crippen LogP) is 4.52. The maximum Gasteiger partial charge on any atom is 0.0531 e. The van der Waals surface area contributed by atoms with Crippen LogP contribution in [0.3, 0.4) is 0 Å². The first-order valence-electron chi connectivity index (χ1n) is 7.27. The topological polar surface area (TPSA) is 74.8 Å². The lowest BCUT2D eigenvalue weighted by Gasteiger charge is -2.19. The first-order valence-corrected chi connectivity index (χ1v) is 7.65. The Balaban J connectivity index is 1.98. The average Bonchev–Trinajstić information content (AvgIpc) is 2.52. The van der Waals surface area contributed by atoms with Crippen molar-refractivity contribution in [1.29, 1.82) is 0 Å². The van der Waals surface area contributed by atoms with Crippen LogP contribution in [-0.2, 0) is 12.8 Å². The summed E-state index contributed by atoms with van der Waals surface area (Å²) in [5, 5.41) is 4.59. The Labute approximate surface area is 135 Å². The zero-order valence-corrected chi connectivity index (χ0v) is 13.0. The fourth-order valence-electron chi connectivity index (χ4n) is 2.45. The second-order valence-corrected chi connectivity index (χ2v) is 5.73. The predicted molar refractivity (Wildman–Crippen MR) is 90.8 cm³/mol. The van der Waals surface area contributed by atoms with Crippen molar-refractivity contribution in [3.05, 3.63) is 81.2 Å². The van der Waals surface area contributed by atoms with Gasteiger partial charge in [-0.2, -0.15) is 0 Å². The molecule has 0 saturated heterocycles. The van der Waals surface area contributed by atoms with Crippen molar-refractivity contribution >= 4 is 11.6 Å². The second kappa shape index (κ2) is 8.44. The monoisotopic (exact) mass is 314 g/mol. The Morgan fingerprint density at radius 1 is 1.09 bits per heavy atom. The van der Waals surface area contributed by atoms with Crippen LogP contribution >= 0.6 is 11.6 Å². The van der Waals surface area contributed by atoms with E-state index < -0.39 is 0 Å². The molecular formula is C17H19ClN4. The van der Waals surface area contributed by atoms with Gasteiger partial charge in [0.15, 0.2) is 0 Å². The number of benzene rings is 2. The number of nitrogens with two attached hydrogens (primary N) is 1. The molecule has 0 spiro atoms. The lowest BCUT2D eigenvalue weighted by molar-refractivity contribution is 0.491. The van der Waals surface area contributed by atoms with Crippen molar-refractivity contribution in [1.82, 2.24) is 0 Å². The fraction of sp³-hybridized carbons (Fsp3) is 0.294. The minimum absolute atomic E-state index is 0.197. The third-order valence-corrected chi connectivity index (χ3v) is 3.86. The number of hydrogen-bond donors (Lipinski definition) is 1. The van der Waals surface area contributed by atoms with E-state index in [1.54, 1.807) is 0 Å². The molecule has 0 amide bonds. The molecule has 114 valence electrons. The van der Waals surface area contributed by atoms with Crippen LogP contribution in [0, 0.1) is 0 Å². The van der Waals surface area contributed by atoms with Crippen molar-refractivity contribution in [2.24, 2.45) is 10.8 Å². The first-order chi connectivity index (χ1) is 10.7. The summed E-state index contributed by atoms with van der Waals surface area (Å²) in [5.74, 6) is 0.